The Kier molecular flexibility index (Phi) is 11.3. The van der Waals surface area contributed by atoms with Crippen LogP contribution in [0.5, 0.6) is 5.75 Å². The number of anilines is 1. The van der Waals surface area contributed by atoms with Crippen LogP contribution in [0.3, 0.4) is 0 Å². The predicted octanol–water partition coefficient (Wildman–Crippen LogP) is 6.22. The van der Waals surface area contributed by atoms with Gasteiger partial charge in [0.15, 0.2) is 0 Å². The smallest absolute Gasteiger partial charge is 0.264 e. The largest absolute Gasteiger partial charge is 0.497 e. The highest BCUT2D eigenvalue weighted by Gasteiger charge is 2.34. The van der Waals surface area contributed by atoms with Crippen molar-refractivity contribution in [2.75, 3.05) is 18.0 Å². The van der Waals surface area contributed by atoms with Crippen LogP contribution in [0.2, 0.25) is 0 Å². The summed E-state index contributed by atoms with van der Waals surface area (Å²) in [5.41, 5.74) is 2.04. The van der Waals surface area contributed by atoms with Gasteiger partial charge in [-0.15, -0.1) is 0 Å². The van der Waals surface area contributed by atoms with Crippen LogP contribution in [-0.4, -0.2) is 50.9 Å². The molecule has 2 amide bonds. The van der Waals surface area contributed by atoms with E-state index in [1.54, 1.807) is 55.6 Å². The molecule has 0 unspecified atom stereocenters. The summed E-state index contributed by atoms with van der Waals surface area (Å²) in [6.45, 7) is 3.39. The fraction of sp³-hybridized carbons (Fsp3) is 0.394. The second-order valence-electron chi connectivity index (χ2n) is 10.9. The SMILES string of the molecule is CC[C@H](C(=O)NC1CCCCC1)N(Cc1cccc(OC)c1)C(=O)CN(c1ccc(Br)cc1)S(=O)(=O)c1ccc(C)cc1. The lowest BCUT2D eigenvalue weighted by molar-refractivity contribution is -0.140. The standard InChI is InChI=1S/C33H40BrN3O5S/c1-4-31(33(39)35-27-10-6-5-7-11-27)36(22-25-9-8-12-29(21-25)42-3)32(38)23-37(28-17-15-26(34)16-18-28)43(40,41)30-19-13-24(2)14-20-30/h8-9,12-21,27,31H,4-7,10-11,22-23H2,1-3H3,(H,35,39)/t31-/m1/s1. The minimum atomic E-state index is -4.12. The number of nitrogens with zero attached hydrogens (tertiary/aromatic N) is 2. The zero-order valence-electron chi connectivity index (χ0n) is 25.0. The zero-order chi connectivity index (χ0) is 31.0. The highest BCUT2D eigenvalue weighted by Crippen LogP contribution is 2.27. The van der Waals surface area contributed by atoms with Gasteiger partial charge in [-0.1, -0.05) is 71.9 Å². The number of amides is 2. The Labute approximate surface area is 263 Å². The van der Waals surface area contributed by atoms with Gasteiger partial charge in [-0.05, 0) is 80.3 Å². The Morgan fingerprint density at radius 1 is 1.00 bits per heavy atom. The van der Waals surface area contributed by atoms with Crippen molar-refractivity contribution in [3.8, 4) is 5.75 Å². The molecule has 0 aromatic heterocycles. The summed E-state index contributed by atoms with van der Waals surface area (Å²) in [4.78, 5) is 29.5. The van der Waals surface area contributed by atoms with Crippen molar-refractivity contribution >= 4 is 43.5 Å². The van der Waals surface area contributed by atoms with E-state index < -0.39 is 28.5 Å². The van der Waals surface area contributed by atoms with Crippen molar-refractivity contribution < 1.29 is 22.7 Å². The molecule has 8 nitrogen and oxygen atoms in total. The van der Waals surface area contributed by atoms with Gasteiger partial charge in [0, 0.05) is 17.1 Å². The Hall–Kier alpha value is -3.37. The minimum absolute atomic E-state index is 0.0743. The van der Waals surface area contributed by atoms with Crippen LogP contribution >= 0.6 is 15.9 Å². The number of ether oxygens (including phenoxy) is 1. The summed E-state index contributed by atoms with van der Waals surface area (Å²) in [6, 6.07) is 19.9. The van der Waals surface area contributed by atoms with Gasteiger partial charge < -0.3 is 15.0 Å². The second kappa shape index (κ2) is 14.9. The van der Waals surface area contributed by atoms with Crippen molar-refractivity contribution in [1.82, 2.24) is 10.2 Å². The van der Waals surface area contributed by atoms with E-state index in [0.29, 0.717) is 17.9 Å². The third kappa shape index (κ3) is 8.38. The molecule has 1 aliphatic carbocycles. The quantitative estimate of drug-likeness (QED) is 0.247. The lowest BCUT2D eigenvalue weighted by Crippen LogP contribution is -2.54. The van der Waals surface area contributed by atoms with Crippen LogP contribution in [0, 0.1) is 6.92 Å². The van der Waals surface area contributed by atoms with E-state index in [-0.39, 0.29) is 23.4 Å². The fourth-order valence-corrected chi connectivity index (χ4v) is 7.08. The Morgan fingerprint density at radius 3 is 2.30 bits per heavy atom. The molecule has 230 valence electrons. The van der Waals surface area contributed by atoms with Crippen molar-refractivity contribution in [1.29, 1.82) is 0 Å². The zero-order valence-corrected chi connectivity index (χ0v) is 27.4. The summed E-state index contributed by atoms with van der Waals surface area (Å²) < 4.78 is 35.3. The molecule has 1 saturated carbocycles. The van der Waals surface area contributed by atoms with Crippen molar-refractivity contribution in [2.24, 2.45) is 0 Å². The summed E-state index contributed by atoms with van der Waals surface area (Å²) in [5, 5.41) is 3.17. The monoisotopic (exact) mass is 669 g/mol. The molecule has 3 aromatic carbocycles. The van der Waals surface area contributed by atoms with E-state index in [2.05, 4.69) is 21.2 Å². The maximum Gasteiger partial charge on any atom is 0.264 e. The van der Waals surface area contributed by atoms with E-state index in [0.717, 1.165) is 52.0 Å². The summed E-state index contributed by atoms with van der Waals surface area (Å²) in [6.07, 6.45) is 5.49. The molecule has 0 aliphatic heterocycles. The van der Waals surface area contributed by atoms with Crippen LogP contribution in [-0.2, 0) is 26.2 Å². The lowest BCUT2D eigenvalue weighted by Gasteiger charge is -2.34. The van der Waals surface area contributed by atoms with Crippen LogP contribution in [0.1, 0.15) is 56.6 Å². The molecule has 43 heavy (non-hydrogen) atoms. The van der Waals surface area contributed by atoms with Gasteiger partial charge in [0.05, 0.1) is 17.7 Å². The number of methoxy groups -OCH3 is 1. The number of aryl methyl sites for hydroxylation is 1. The molecule has 1 aliphatic rings. The highest BCUT2D eigenvalue weighted by atomic mass is 79.9. The lowest BCUT2D eigenvalue weighted by atomic mass is 9.95. The van der Waals surface area contributed by atoms with Gasteiger partial charge in [0.1, 0.15) is 18.3 Å². The van der Waals surface area contributed by atoms with Crippen LogP contribution in [0.4, 0.5) is 5.69 Å². The molecule has 0 heterocycles. The van der Waals surface area contributed by atoms with Crippen LogP contribution < -0.4 is 14.4 Å². The average molecular weight is 671 g/mol. The molecule has 0 spiro atoms. The molecule has 1 atom stereocenters. The molecular formula is C33H40BrN3O5S. The number of carbonyl (C=O) groups excluding carboxylic acids is 2. The number of hydrogen-bond acceptors (Lipinski definition) is 5. The van der Waals surface area contributed by atoms with E-state index >= 15 is 0 Å². The van der Waals surface area contributed by atoms with Gasteiger partial charge in [-0.2, -0.15) is 0 Å². The number of carbonyl (C=O) groups is 2. The number of benzene rings is 3. The highest BCUT2D eigenvalue weighted by molar-refractivity contribution is 9.10. The molecule has 4 rings (SSSR count). The Morgan fingerprint density at radius 2 is 1.67 bits per heavy atom. The van der Waals surface area contributed by atoms with Crippen LogP contribution in [0.15, 0.2) is 82.2 Å². The maximum absolute atomic E-state index is 14.3. The molecule has 0 radical (unpaired) electrons. The van der Waals surface area contributed by atoms with Gasteiger partial charge >= 0.3 is 0 Å². The first kappa shape index (κ1) is 32.5. The Bertz CT molecular complexity index is 1490. The molecule has 3 aromatic rings. The third-order valence-electron chi connectivity index (χ3n) is 7.83. The van der Waals surface area contributed by atoms with Gasteiger partial charge in [0.2, 0.25) is 11.8 Å². The van der Waals surface area contributed by atoms with Crippen LogP contribution in [0.25, 0.3) is 0 Å². The van der Waals surface area contributed by atoms with Crippen molar-refractivity contribution in [3.63, 3.8) is 0 Å². The second-order valence-corrected chi connectivity index (χ2v) is 13.7. The topological polar surface area (TPSA) is 96.0 Å². The summed E-state index contributed by atoms with van der Waals surface area (Å²) >= 11 is 3.41. The van der Waals surface area contributed by atoms with E-state index in [4.69, 9.17) is 4.74 Å². The summed E-state index contributed by atoms with van der Waals surface area (Å²) in [5.74, 6) is -0.0719. The molecular weight excluding hydrogens is 630 g/mol. The van der Waals surface area contributed by atoms with E-state index in [9.17, 15) is 18.0 Å². The Balaban J connectivity index is 1.71. The van der Waals surface area contributed by atoms with Gasteiger partial charge in [0.25, 0.3) is 10.0 Å². The first-order valence-corrected chi connectivity index (χ1v) is 16.9. The number of halogens is 1. The van der Waals surface area contributed by atoms with Gasteiger partial charge in [-0.3, -0.25) is 13.9 Å². The first-order valence-electron chi connectivity index (χ1n) is 14.7. The normalized spacial score (nSPS) is 14.5. The third-order valence-corrected chi connectivity index (χ3v) is 10.1. The van der Waals surface area contributed by atoms with Gasteiger partial charge in [-0.25, -0.2) is 8.42 Å². The van der Waals surface area contributed by atoms with Crippen molar-refractivity contribution in [2.45, 2.75) is 75.9 Å². The molecule has 0 saturated heterocycles. The molecule has 1 N–H and O–H groups in total. The average Bonchev–Trinajstić information content (AvgIpc) is 3.01. The molecule has 0 bridgehead atoms. The van der Waals surface area contributed by atoms with E-state index in [1.807, 2.05) is 38.1 Å². The first-order chi connectivity index (χ1) is 20.6. The van der Waals surface area contributed by atoms with E-state index in [1.165, 1.54) is 4.90 Å². The summed E-state index contributed by atoms with van der Waals surface area (Å²) in [7, 11) is -2.55. The fourth-order valence-electron chi connectivity index (χ4n) is 5.40. The maximum atomic E-state index is 14.3. The predicted molar refractivity (Wildman–Crippen MR) is 172 cm³/mol. The number of hydrogen-bond donors (Lipinski definition) is 1. The number of rotatable bonds is 12. The number of nitrogens with one attached hydrogen (secondary N) is 1. The minimum Gasteiger partial charge on any atom is -0.497 e. The number of sulfonamides is 1. The molecule has 1 fully saturated rings. The van der Waals surface area contributed by atoms with Crippen molar-refractivity contribution in [3.05, 3.63) is 88.4 Å². The molecule has 10 heteroatoms.